The van der Waals surface area contributed by atoms with Gasteiger partial charge in [0.15, 0.2) is 0 Å². The summed E-state index contributed by atoms with van der Waals surface area (Å²) in [4.78, 5) is 25.0. The quantitative estimate of drug-likeness (QED) is 0.667. The Bertz CT molecular complexity index is 513. The van der Waals surface area contributed by atoms with Gasteiger partial charge in [-0.25, -0.2) is 0 Å². The molecular weight excluding hydrogens is 244 g/mol. The van der Waals surface area contributed by atoms with Gasteiger partial charge in [-0.1, -0.05) is 0 Å². The molecular formula is C13H18N4O2. The van der Waals surface area contributed by atoms with Crippen molar-refractivity contribution in [2.75, 3.05) is 31.3 Å². The van der Waals surface area contributed by atoms with Crippen molar-refractivity contribution in [3.63, 3.8) is 0 Å². The Balaban J connectivity index is 2.07. The zero-order valence-electron chi connectivity index (χ0n) is 11.1. The molecule has 2 rings (SSSR count). The van der Waals surface area contributed by atoms with Gasteiger partial charge < -0.3 is 21.3 Å². The predicted octanol–water partition coefficient (Wildman–Crippen LogP) is -0.0469. The van der Waals surface area contributed by atoms with Gasteiger partial charge >= 0.3 is 0 Å². The molecule has 1 aliphatic rings. The molecule has 0 bridgehead atoms. The molecule has 4 N–H and O–H groups in total. The second kappa shape index (κ2) is 5.17. The lowest BCUT2D eigenvalue weighted by molar-refractivity contribution is -0.119. The lowest BCUT2D eigenvalue weighted by atomic mass is 10.1. The highest BCUT2D eigenvalue weighted by atomic mass is 16.2. The molecule has 1 atom stereocenters. The van der Waals surface area contributed by atoms with Crippen LogP contribution in [-0.4, -0.2) is 38.5 Å². The maximum Gasteiger partial charge on any atom is 0.251 e. The topological polar surface area (TPSA) is 87.5 Å². The van der Waals surface area contributed by atoms with E-state index in [9.17, 15) is 9.59 Å². The summed E-state index contributed by atoms with van der Waals surface area (Å²) in [5, 5.41) is 5.49. The summed E-state index contributed by atoms with van der Waals surface area (Å²) in [6, 6.07) is 5.04. The molecule has 1 aromatic carbocycles. The highest BCUT2D eigenvalue weighted by Crippen LogP contribution is 2.22. The summed E-state index contributed by atoms with van der Waals surface area (Å²) >= 11 is 0. The van der Waals surface area contributed by atoms with E-state index < -0.39 is 0 Å². The minimum Gasteiger partial charge on any atom is -0.397 e. The molecule has 102 valence electrons. The molecule has 0 spiro atoms. The number of carbonyl (C=O) groups excluding carboxylic acids is 2. The second-order valence-electron chi connectivity index (χ2n) is 4.85. The van der Waals surface area contributed by atoms with Gasteiger partial charge in [0.1, 0.15) is 0 Å². The molecule has 19 heavy (non-hydrogen) atoms. The lowest BCUT2D eigenvalue weighted by Gasteiger charge is -2.16. The van der Waals surface area contributed by atoms with E-state index in [0.717, 1.165) is 5.69 Å². The van der Waals surface area contributed by atoms with Crippen molar-refractivity contribution in [1.82, 2.24) is 10.6 Å². The Labute approximate surface area is 112 Å². The fourth-order valence-electron chi connectivity index (χ4n) is 2.08. The van der Waals surface area contributed by atoms with E-state index in [1.807, 2.05) is 25.1 Å². The Hall–Kier alpha value is -2.24. The van der Waals surface area contributed by atoms with Crippen molar-refractivity contribution in [1.29, 1.82) is 0 Å². The first kappa shape index (κ1) is 13.2. The van der Waals surface area contributed by atoms with Crippen molar-refractivity contribution in [2.24, 2.45) is 0 Å². The van der Waals surface area contributed by atoms with Gasteiger partial charge in [-0.15, -0.1) is 0 Å². The molecule has 1 aromatic rings. The number of nitrogens with two attached hydrogens (primary N) is 1. The predicted molar refractivity (Wildman–Crippen MR) is 74.1 cm³/mol. The van der Waals surface area contributed by atoms with Crippen LogP contribution in [0.5, 0.6) is 0 Å². The van der Waals surface area contributed by atoms with Crippen molar-refractivity contribution in [3.8, 4) is 0 Å². The molecule has 1 fully saturated rings. The third-order valence-corrected chi connectivity index (χ3v) is 3.08. The summed E-state index contributed by atoms with van der Waals surface area (Å²) in [5.74, 6) is -0.244. The number of nitrogens with zero attached hydrogens (tertiary/aromatic N) is 1. The van der Waals surface area contributed by atoms with Crippen LogP contribution in [0.2, 0.25) is 0 Å². The van der Waals surface area contributed by atoms with E-state index in [0.29, 0.717) is 24.2 Å². The average Bonchev–Trinajstić information content (AvgIpc) is 2.74. The summed E-state index contributed by atoms with van der Waals surface area (Å²) < 4.78 is 0. The SMILES string of the molecule is CN(C)c1ccc(C(=O)NC2CNC(=O)C2)cc1N. The van der Waals surface area contributed by atoms with Crippen LogP contribution in [0.4, 0.5) is 11.4 Å². The van der Waals surface area contributed by atoms with Crippen LogP contribution in [0.15, 0.2) is 18.2 Å². The molecule has 0 radical (unpaired) electrons. The minimum atomic E-state index is -0.210. The molecule has 0 aliphatic carbocycles. The third kappa shape index (κ3) is 2.96. The number of hydrogen-bond acceptors (Lipinski definition) is 4. The largest absolute Gasteiger partial charge is 0.397 e. The number of amides is 2. The summed E-state index contributed by atoms with van der Waals surface area (Å²) in [7, 11) is 3.78. The van der Waals surface area contributed by atoms with Gasteiger partial charge in [-0.2, -0.15) is 0 Å². The third-order valence-electron chi connectivity index (χ3n) is 3.08. The Morgan fingerprint density at radius 1 is 1.47 bits per heavy atom. The van der Waals surface area contributed by atoms with Crippen molar-refractivity contribution in [2.45, 2.75) is 12.5 Å². The smallest absolute Gasteiger partial charge is 0.251 e. The highest BCUT2D eigenvalue weighted by molar-refractivity contribution is 5.96. The summed E-state index contributed by atoms with van der Waals surface area (Å²) in [5.41, 5.74) is 7.83. The van der Waals surface area contributed by atoms with E-state index in [1.165, 1.54) is 0 Å². The van der Waals surface area contributed by atoms with E-state index in [4.69, 9.17) is 5.73 Å². The molecule has 1 aliphatic heterocycles. The Kier molecular flexibility index (Phi) is 3.59. The standard InChI is InChI=1S/C13H18N4O2/c1-17(2)11-4-3-8(5-10(11)14)13(19)16-9-6-12(18)15-7-9/h3-5,9H,6-7,14H2,1-2H3,(H,15,18)(H,16,19). The maximum atomic E-state index is 12.0. The maximum absolute atomic E-state index is 12.0. The molecule has 1 saturated heterocycles. The van der Waals surface area contributed by atoms with Crippen LogP contribution in [0.1, 0.15) is 16.8 Å². The molecule has 0 saturated carbocycles. The fourth-order valence-corrected chi connectivity index (χ4v) is 2.08. The zero-order chi connectivity index (χ0) is 14.0. The van der Waals surface area contributed by atoms with E-state index >= 15 is 0 Å². The Morgan fingerprint density at radius 2 is 2.21 bits per heavy atom. The van der Waals surface area contributed by atoms with Gasteiger partial charge in [-0.3, -0.25) is 9.59 Å². The number of benzene rings is 1. The molecule has 1 unspecified atom stereocenters. The molecule has 6 heteroatoms. The molecule has 0 aromatic heterocycles. The second-order valence-corrected chi connectivity index (χ2v) is 4.85. The van der Waals surface area contributed by atoms with Gasteiger partial charge in [0.25, 0.3) is 5.91 Å². The van der Waals surface area contributed by atoms with Crippen molar-refractivity contribution < 1.29 is 9.59 Å². The van der Waals surface area contributed by atoms with Crippen LogP contribution in [0.3, 0.4) is 0 Å². The highest BCUT2D eigenvalue weighted by Gasteiger charge is 2.23. The number of nitrogen functional groups attached to an aromatic ring is 1. The van der Waals surface area contributed by atoms with Crippen LogP contribution in [-0.2, 0) is 4.79 Å². The lowest BCUT2D eigenvalue weighted by Crippen LogP contribution is -2.36. The number of carbonyl (C=O) groups is 2. The van der Waals surface area contributed by atoms with Crippen molar-refractivity contribution in [3.05, 3.63) is 23.8 Å². The first-order chi connectivity index (χ1) is 8.97. The van der Waals surface area contributed by atoms with Gasteiger partial charge in [0.05, 0.1) is 17.4 Å². The number of anilines is 2. The van der Waals surface area contributed by atoms with Crippen LogP contribution in [0.25, 0.3) is 0 Å². The van der Waals surface area contributed by atoms with Crippen molar-refractivity contribution >= 4 is 23.2 Å². The van der Waals surface area contributed by atoms with Crippen LogP contribution in [0, 0.1) is 0 Å². The monoisotopic (exact) mass is 262 g/mol. The first-order valence-corrected chi connectivity index (χ1v) is 6.12. The van der Waals surface area contributed by atoms with E-state index in [2.05, 4.69) is 10.6 Å². The first-order valence-electron chi connectivity index (χ1n) is 6.12. The minimum absolute atomic E-state index is 0.0345. The Morgan fingerprint density at radius 3 is 2.74 bits per heavy atom. The molecule has 6 nitrogen and oxygen atoms in total. The van der Waals surface area contributed by atoms with E-state index in [-0.39, 0.29) is 17.9 Å². The van der Waals surface area contributed by atoms with E-state index in [1.54, 1.807) is 12.1 Å². The zero-order valence-corrected chi connectivity index (χ0v) is 11.1. The summed E-state index contributed by atoms with van der Waals surface area (Å²) in [6.07, 6.45) is 0.330. The van der Waals surface area contributed by atoms with Gasteiger partial charge in [0.2, 0.25) is 5.91 Å². The number of rotatable bonds is 3. The number of hydrogen-bond donors (Lipinski definition) is 3. The number of nitrogens with one attached hydrogen (secondary N) is 2. The molecule has 1 heterocycles. The fraction of sp³-hybridized carbons (Fsp3) is 0.385. The normalized spacial score (nSPS) is 18.0. The average molecular weight is 262 g/mol. The van der Waals surface area contributed by atoms with Gasteiger partial charge in [-0.05, 0) is 18.2 Å². The van der Waals surface area contributed by atoms with Crippen LogP contribution >= 0.6 is 0 Å². The summed E-state index contributed by atoms with van der Waals surface area (Å²) in [6.45, 7) is 0.482. The van der Waals surface area contributed by atoms with Gasteiger partial charge in [0, 0.05) is 32.6 Å². The van der Waals surface area contributed by atoms with Crippen LogP contribution < -0.4 is 21.3 Å². The molecule has 2 amide bonds.